The number of hydrogen-bond acceptors (Lipinski definition) is 7. The van der Waals surface area contributed by atoms with E-state index in [1.54, 1.807) is 31.2 Å². The summed E-state index contributed by atoms with van der Waals surface area (Å²) < 4.78 is 10.6. The van der Waals surface area contributed by atoms with Crippen LogP contribution in [0.25, 0.3) is 0 Å². The number of carbonyl (C=O) groups excluding carboxylic acids is 2. The van der Waals surface area contributed by atoms with E-state index in [1.165, 1.54) is 11.3 Å². The third-order valence-electron chi connectivity index (χ3n) is 4.02. The van der Waals surface area contributed by atoms with Crippen LogP contribution >= 0.6 is 11.3 Å². The second kappa shape index (κ2) is 7.65. The number of nitrogens with one attached hydrogen (secondary N) is 2. The minimum atomic E-state index is -0.328. The zero-order valence-electron chi connectivity index (χ0n) is 14.9. The summed E-state index contributed by atoms with van der Waals surface area (Å²) in [6.07, 6.45) is 0. The summed E-state index contributed by atoms with van der Waals surface area (Å²) in [5.74, 6) is 0.842. The molecule has 28 heavy (non-hydrogen) atoms. The van der Waals surface area contributed by atoms with Gasteiger partial charge in [-0.1, -0.05) is 17.4 Å². The Kier molecular flexibility index (Phi) is 4.90. The van der Waals surface area contributed by atoms with Gasteiger partial charge in [0.25, 0.3) is 11.8 Å². The van der Waals surface area contributed by atoms with Crippen molar-refractivity contribution >= 4 is 28.8 Å². The minimum Gasteiger partial charge on any atom is -0.454 e. The molecule has 0 saturated carbocycles. The van der Waals surface area contributed by atoms with E-state index in [2.05, 4.69) is 20.8 Å². The number of rotatable bonds is 5. The number of hydrogen-bond donors (Lipinski definition) is 2. The molecule has 1 aliphatic rings. The van der Waals surface area contributed by atoms with Crippen LogP contribution in [-0.2, 0) is 6.54 Å². The molecule has 8 nitrogen and oxygen atoms in total. The highest BCUT2D eigenvalue weighted by Gasteiger charge is 2.14. The molecule has 142 valence electrons. The first-order valence-corrected chi connectivity index (χ1v) is 9.28. The molecule has 2 amide bonds. The molecule has 4 rings (SSSR count). The van der Waals surface area contributed by atoms with Crippen molar-refractivity contribution in [2.75, 3.05) is 12.1 Å². The molecule has 2 N–H and O–H groups in total. The van der Waals surface area contributed by atoms with Crippen LogP contribution in [0, 0.1) is 6.92 Å². The van der Waals surface area contributed by atoms with Gasteiger partial charge in [0.1, 0.15) is 5.01 Å². The smallest absolute Gasteiger partial charge is 0.286 e. The molecular formula is C19H16N4O4S. The molecule has 9 heteroatoms. The van der Waals surface area contributed by atoms with Crippen LogP contribution in [0.3, 0.4) is 0 Å². The Morgan fingerprint density at radius 2 is 1.82 bits per heavy atom. The Morgan fingerprint density at radius 1 is 1.04 bits per heavy atom. The molecule has 1 aliphatic heterocycles. The average molecular weight is 396 g/mol. The Balaban J connectivity index is 1.34. The Hall–Kier alpha value is -3.46. The number of benzene rings is 2. The van der Waals surface area contributed by atoms with Gasteiger partial charge in [0.2, 0.25) is 11.8 Å². The first kappa shape index (κ1) is 17.9. The molecule has 0 atom stereocenters. The highest BCUT2D eigenvalue weighted by molar-refractivity contribution is 7.13. The van der Waals surface area contributed by atoms with E-state index < -0.39 is 0 Å². The van der Waals surface area contributed by atoms with Crippen LogP contribution in [-0.4, -0.2) is 28.8 Å². The van der Waals surface area contributed by atoms with Gasteiger partial charge in [0, 0.05) is 17.8 Å². The molecule has 2 aromatic carbocycles. The number of nitrogens with zero attached hydrogens (tertiary/aromatic N) is 2. The third-order valence-corrected chi connectivity index (χ3v) is 4.85. The van der Waals surface area contributed by atoms with Crippen LogP contribution in [0.1, 0.15) is 30.7 Å². The van der Waals surface area contributed by atoms with Crippen LogP contribution in [0.2, 0.25) is 0 Å². The van der Waals surface area contributed by atoms with Gasteiger partial charge in [-0.15, -0.1) is 10.2 Å². The Morgan fingerprint density at radius 3 is 2.57 bits per heavy atom. The molecule has 2 heterocycles. The van der Waals surface area contributed by atoms with E-state index in [0.717, 1.165) is 10.6 Å². The monoisotopic (exact) mass is 396 g/mol. The SMILES string of the molecule is Cc1nnc(C(=O)Nc2ccc(C(=O)NCc3ccc4c(c3)OCO4)cc2)s1. The summed E-state index contributed by atoms with van der Waals surface area (Å²) >= 11 is 1.22. The van der Waals surface area contributed by atoms with Gasteiger partial charge < -0.3 is 20.1 Å². The summed E-state index contributed by atoms with van der Waals surface area (Å²) in [7, 11) is 0. The lowest BCUT2D eigenvalue weighted by Gasteiger charge is -2.08. The van der Waals surface area contributed by atoms with Crippen LogP contribution in [0.5, 0.6) is 11.5 Å². The fraction of sp³-hybridized carbons (Fsp3) is 0.158. The maximum absolute atomic E-state index is 12.3. The van der Waals surface area contributed by atoms with Crippen LogP contribution in [0.15, 0.2) is 42.5 Å². The Labute approximate surface area is 164 Å². The zero-order valence-corrected chi connectivity index (χ0v) is 15.7. The van der Waals surface area contributed by atoms with Crippen LogP contribution < -0.4 is 20.1 Å². The van der Waals surface area contributed by atoms with E-state index in [0.29, 0.717) is 34.3 Å². The maximum Gasteiger partial charge on any atom is 0.286 e. The lowest BCUT2D eigenvalue weighted by atomic mass is 10.1. The van der Waals surface area contributed by atoms with Crippen molar-refractivity contribution in [1.29, 1.82) is 0 Å². The number of aromatic nitrogens is 2. The van der Waals surface area contributed by atoms with Crippen molar-refractivity contribution in [2.24, 2.45) is 0 Å². The normalized spacial score (nSPS) is 11.9. The van der Waals surface area contributed by atoms with Crippen molar-refractivity contribution in [3.8, 4) is 11.5 Å². The van der Waals surface area contributed by atoms with Crippen molar-refractivity contribution < 1.29 is 19.1 Å². The number of aryl methyl sites for hydroxylation is 1. The molecule has 0 radical (unpaired) electrons. The van der Waals surface area contributed by atoms with E-state index in [4.69, 9.17) is 9.47 Å². The third kappa shape index (κ3) is 3.94. The van der Waals surface area contributed by atoms with E-state index >= 15 is 0 Å². The fourth-order valence-electron chi connectivity index (χ4n) is 2.61. The highest BCUT2D eigenvalue weighted by Crippen LogP contribution is 2.32. The van der Waals surface area contributed by atoms with E-state index in [-0.39, 0.29) is 18.6 Å². The number of fused-ring (bicyclic) bond motifs is 1. The van der Waals surface area contributed by atoms with Gasteiger partial charge in [0.15, 0.2) is 11.5 Å². The lowest BCUT2D eigenvalue weighted by molar-refractivity contribution is 0.0950. The largest absolute Gasteiger partial charge is 0.454 e. The van der Waals surface area contributed by atoms with Gasteiger partial charge in [-0.2, -0.15) is 0 Å². The van der Waals surface area contributed by atoms with E-state index in [9.17, 15) is 9.59 Å². The number of carbonyl (C=O) groups is 2. The predicted octanol–water partition coefficient (Wildman–Crippen LogP) is 2.76. The van der Waals surface area contributed by atoms with Crippen molar-refractivity contribution in [1.82, 2.24) is 15.5 Å². The van der Waals surface area contributed by atoms with Crippen molar-refractivity contribution in [2.45, 2.75) is 13.5 Å². The van der Waals surface area contributed by atoms with E-state index in [1.807, 2.05) is 18.2 Å². The summed E-state index contributed by atoms with van der Waals surface area (Å²) in [4.78, 5) is 24.4. The average Bonchev–Trinajstić information content (AvgIpc) is 3.35. The zero-order chi connectivity index (χ0) is 19.5. The van der Waals surface area contributed by atoms with Crippen molar-refractivity contribution in [3.05, 3.63) is 63.6 Å². The van der Waals surface area contributed by atoms with Gasteiger partial charge in [-0.25, -0.2) is 0 Å². The molecule has 0 bridgehead atoms. The predicted molar refractivity (Wildman–Crippen MR) is 103 cm³/mol. The lowest BCUT2D eigenvalue weighted by Crippen LogP contribution is -2.22. The van der Waals surface area contributed by atoms with Gasteiger partial charge in [-0.05, 0) is 48.9 Å². The van der Waals surface area contributed by atoms with Gasteiger partial charge in [0.05, 0.1) is 0 Å². The number of ether oxygens (including phenoxy) is 2. The van der Waals surface area contributed by atoms with Crippen molar-refractivity contribution in [3.63, 3.8) is 0 Å². The molecular weight excluding hydrogens is 380 g/mol. The summed E-state index contributed by atoms with van der Waals surface area (Å²) in [6, 6.07) is 12.2. The number of amides is 2. The molecule has 0 aliphatic carbocycles. The number of anilines is 1. The first-order valence-electron chi connectivity index (χ1n) is 8.47. The standard InChI is InChI=1S/C19H16N4O4S/c1-11-22-23-19(28-11)18(25)21-14-5-3-13(4-6-14)17(24)20-9-12-2-7-15-16(8-12)27-10-26-15/h2-8H,9-10H2,1H3,(H,20,24)(H,21,25). The second-order valence-electron chi connectivity index (χ2n) is 6.03. The fourth-order valence-corrected chi connectivity index (χ4v) is 3.20. The maximum atomic E-state index is 12.3. The van der Waals surface area contributed by atoms with Gasteiger partial charge in [-0.3, -0.25) is 9.59 Å². The molecule has 0 fully saturated rings. The Bertz CT molecular complexity index is 1030. The molecule has 0 spiro atoms. The molecule has 3 aromatic rings. The second-order valence-corrected chi connectivity index (χ2v) is 7.21. The molecule has 1 aromatic heterocycles. The highest BCUT2D eigenvalue weighted by atomic mass is 32.1. The summed E-state index contributed by atoms with van der Waals surface area (Å²) in [5, 5.41) is 14.2. The minimum absolute atomic E-state index is 0.213. The molecule has 0 saturated heterocycles. The van der Waals surface area contributed by atoms with Gasteiger partial charge >= 0.3 is 0 Å². The quantitative estimate of drug-likeness (QED) is 0.688. The summed E-state index contributed by atoms with van der Waals surface area (Å²) in [6.45, 7) is 2.36. The summed E-state index contributed by atoms with van der Waals surface area (Å²) in [5.41, 5.74) is 1.98. The first-order chi connectivity index (χ1) is 13.6. The topological polar surface area (TPSA) is 102 Å². The molecule has 0 unspecified atom stereocenters. The van der Waals surface area contributed by atoms with Crippen LogP contribution in [0.4, 0.5) is 5.69 Å².